The number of hydrogen-bond donors (Lipinski definition) is 2. The van der Waals surface area contributed by atoms with E-state index in [9.17, 15) is 18.0 Å². The lowest BCUT2D eigenvalue weighted by Crippen LogP contribution is -2.51. The maximum absolute atomic E-state index is 15.1. The number of hydrogen-bond acceptors (Lipinski definition) is 6. The van der Waals surface area contributed by atoms with Crippen LogP contribution in [0.2, 0.25) is 0 Å². The van der Waals surface area contributed by atoms with Crippen molar-refractivity contribution in [2.45, 2.75) is 23.8 Å². The number of sulfonamides is 1. The van der Waals surface area contributed by atoms with Gasteiger partial charge < -0.3 is 14.8 Å². The van der Waals surface area contributed by atoms with Crippen molar-refractivity contribution < 1.29 is 36.3 Å². The van der Waals surface area contributed by atoms with Crippen molar-refractivity contribution in [3.63, 3.8) is 0 Å². The Labute approximate surface area is 178 Å². The van der Waals surface area contributed by atoms with Crippen molar-refractivity contribution in [2.24, 2.45) is 0 Å². The number of rotatable bonds is 10. The van der Waals surface area contributed by atoms with Crippen LogP contribution in [0.3, 0.4) is 0 Å². The van der Waals surface area contributed by atoms with Crippen LogP contribution in [-0.4, -0.2) is 46.5 Å². The number of halogens is 2. The lowest BCUT2D eigenvalue weighted by molar-refractivity contribution is -0.153. The fourth-order valence-electron chi connectivity index (χ4n) is 2.59. The molecule has 0 aliphatic carbocycles. The molecule has 0 aliphatic heterocycles. The van der Waals surface area contributed by atoms with E-state index >= 15 is 8.78 Å². The molecule has 2 aromatic rings. The van der Waals surface area contributed by atoms with E-state index < -0.39 is 40.4 Å². The zero-order chi connectivity index (χ0) is 23.1. The van der Waals surface area contributed by atoms with Gasteiger partial charge in [0.25, 0.3) is 5.91 Å². The van der Waals surface area contributed by atoms with Crippen LogP contribution >= 0.6 is 0 Å². The molecule has 2 N–H and O–H groups in total. The molecule has 1 amide bonds. The van der Waals surface area contributed by atoms with Gasteiger partial charge in [0.2, 0.25) is 10.0 Å². The summed E-state index contributed by atoms with van der Waals surface area (Å²) in [6, 6.07) is 9.77. The summed E-state index contributed by atoms with van der Waals surface area (Å²) < 4.78 is 67.0. The van der Waals surface area contributed by atoms with E-state index in [0.29, 0.717) is 5.75 Å². The van der Waals surface area contributed by atoms with Gasteiger partial charge in [-0.05, 0) is 36.8 Å². The van der Waals surface area contributed by atoms with E-state index in [1.54, 1.807) is 11.4 Å². The molecule has 1 unspecified atom stereocenters. The molecule has 0 spiro atoms. The van der Waals surface area contributed by atoms with Crippen molar-refractivity contribution in [1.29, 1.82) is 0 Å². The summed E-state index contributed by atoms with van der Waals surface area (Å²) >= 11 is 0. The third-order valence-corrected chi connectivity index (χ3v) is 5.58. The van der Waals surface area contributed by atoms with Crippen molar-refractivity contribution in [3.8, 4) is 5.75 Å². The Kier molecular flexibility index (Phi) is 8.06. The van der Waals surface area contributed by atoms with Gasteiger partial charge >= 0.3 is 11.9 Å². The second-order valence-electron chi connectivity index (χ2n) is 6.25. The van der Waals surface area contributed by atoms with E-state index in [1.807, 2.05) is 4.72 Å². The zero-order valence-electron chi connectivity index (χ0n) is 16.8. The van der Waals surface area contributed by atoms with Crippen LogP contribution in [0, 0.1) is 0 Å². The standard InChI is InChI=1S/C20H22F2N2O6S/c1-3-30-17(25)13-23-19(26)20(21,22)18(14-7-5-4-6-8-14)24-31(27,28)16-11-9-15(29-2)10-12-16/h4-12,18,24H,3,13H2,1-2H3,(H,23,26). The fourth-order valence-corrected chi connectivity index (χ4v) is 3.81. The Bertz CT molecular complexity index is 998. The smallest absolute Gasteiger partial charge is 0.344 e. The molecule has 31 heavy (non-hydrogen) atoms. The first-order valence-electron chi connectivity index (χ1n) is 9.15. The number of carbonyl (C=O) groups excluding carboxylic acids is 2. The molecule has 11 heteroatoms. The molecule has 0 saturated carbocycles. The summed E-state index contributed by atoms with van der Waals surface area (Å²) in [5.41, 5.74) is -0.143. The third-order valence-electron chi connectivity index (χ3n) is 4.14. The lowest BCUT2D eigenvalue weighted by atomic mass is 10.0. The predicted octanol–water partition coefficient (Wildman–Crippen LogP) is 2.03. The number of esters is 1. The van der Waals surface area contributed by atoms with Gasteiger partial charge in [0.1, 0.15) is 18.3 Å². The maximum atomic E-state index is 15.1. The molecule has 2 rings (SSSR count). The molecular weight excluding hydrogens is 434 g/mol. The summed E-state index contributed by atoms with van der Waals surface area (Å²) in [5, 5.41) is 1.78. The van der Waals surface area contributed by atoms with Crippen LogP contribution in [0.15, 0.2) is 59.5 Å². The number of methoxy groups -OCH3 is 1. The minimum absolute atomic E-state index is 0.0133. The van der Waals surface area contributed by atoms with Crippen molar-refractivity contribution in [3.05, 3.63) is 60.2 Å². The number of benzene rings is 2. The number of amides is 1. The van der Waals surface area contributed by atoms with Crippen LogP contribution in [0.1, 0.15) is 18.5 Å². The molecule has 2 aromatic carbocycles. The average Bonchev–Trinajstić information content (AvgIpc) is 2.76. The van der Waals surface area contributed by atoms with Gasteiger partial charge in [0.05, 0.1) is 18.6 Å². The molecule has 168 valence electrons. The minimum Gasteiger partial charge on any atom is -0.497 e. The SMILES string of the molecule is CCOC(=O)CNC(=O)C(F)(F)C(NS(=O)(=O)c1ccc(OC)cc1)c1ccccc1. The van der Waals surface area contributed by atoms with Crippen LogP contribution in [0.5, 0.6) is 5.75 Å². The predicted molar refractivity (Wildman–Crippen MR) is 107 cm³/mol. The van der Waals surface area contributed by atoms with Crippen molar-refractivity contribution >= 4 is 21.9 Å². The van der Waals surface area contributed by atoms with Gasteiger partial charge in [0.15, 0.2) is 0 Å². The van der Waals surface area contributed by atoms with Gasteiger partial charge in [0, 0.05) is 0 Å². The highest BCUT2D eigenvalue weighted by molar-refractivity contribution is 7.89. The minimum atomic E-state index is -4.45. The maximum Gasteiger partial charge on any atom is 0.344 e. The molecule has 0 fully saturated rings. The highest BCUT2D eigenvalue weighted by Crippen LogP contribution is 2.33. The molecule has 0 radical (unpaired) electrons. The molecule has 8 nitrogen and oxygen atoms in total. The van der Waals surface area contributed by atoms with Gasteiger partial charge in [-0.2, -0.15) is 13.5 Å². The summed E-state index contributed by atoms with van der Waals surface area (Å²) in [6.45, 7) is 0.752. The summed E-state index contributed by atoms with van der Waals surface area (Å²) in [4.78, 5) is 23.3. The molecule has 1 atom stereocenters. The van der Waals surface area contributed by atoms with Crippen LogP contribution in [-0.2, 0) is 24.3 Å². The third kappa shape index (κ3) is 6.22. The van der Waals surface area contributed by atoms with Gasteiger partial charge in [-0.15, -0.1) is 0 Å². The highest BCUT2D eigenvalue weighted by Gasteiger charge is 2.50. The Morgan fingerprint density at radius 1 is 1.06 bits per heavy atom. The van der Waals surface area contributed by atoms with E-state index in [4.69, 9.17) is 4.74 Å². The normalized spacial score (nSPS) is 12.6. The monoisotopic (exact) mass is 456 g/mol. The van der Waals surface area contributed by atoms with Crippen LogP contribution in [0.25, 0.3) is 0 Å². The van der Waals surface area contributed by atoms with Crippen molar-refractivity contribution in [2.75, 3.05) is 20.3 Å². The van der Waals surface area contributed by atoms with Crippen molar-refractivity contribution in [1.82, 2.24) is 10.0 Å². The highest BCUT2D eigenvalue weighted by atomic mass is 32.2. The largest absolute Gasteiger partial charge is 0.497 e. The lowest BCUT2D eigenvalue weighted by Gasteiger charge is -2.27. The first-order chi connectivity index (χ1) is 14.6. The first kappa shape index (κ1) is 24.2. The quantitative estimate of drug-likeness (QED) is 0.530. The number of nitrogens with one attached hydrogen (secondary N) is 2. The number of carbonyl (C=O) groups is 2. The molecule has 0 aromatic heterocycles. The molecule has 0 heterocycles. The summed E-state index contributed by atoms with van der Waals surface area (Å²) in [6.07, 6.45) is 0. The van der Waals surface area contributed by atoms with Crippen LogP contribution < -0.4 is 14.8 Å². The van der Waals surface area contributed by atoms with Gasteiger partial charge in [-0.25, -0.2) is 8.42 Å². The Morgan fingerprint density at radius 2 is 1.68 bits per heavy atom. The van der Waals surface area contributed by atoms with E-state index in [1.165, 1.54) is 62.6 Å². The average molecular weight is 456 g/mol. The Balaban J connectivity index is 2.34. The Morgan fingerprint density at radius 3 is 2.23 bits per heavy atom. The van der Waals surface area contributed by atoms with E-state index in [0.717, 1.165) is 0 Å². The summed E-state index contributed by atoms with van der Waals surface area (Å²) in [7, 11) is -3.05. The van der Waals surface area contributed by atoms with Gasteiger partial charge in [-0.3, -0.25) is 9.59 Å². The Hall–Kier alpha value is -3.05. The summed E-state index contributed by atoms with van der Waals surface area (Å²) in [5.74, 6) is -6.58. The molecule has 0 bridgehead atoms. The second kappa shape index (κ2) is 10.3. The van der Waals surface area contributed by atoms with E-state index in [-0.39, 0.29) is 17.1 Å². The van der Waals surface area contributed by atoms with Crippen LogP contribution in [0.4, 0.5) is 8.78 Å². The van der Waals surface area contributed by atoms with Gasteiger partial charge in [-0.1, -0.05) is 30.3 Å². The zero-order valence-corrected chi connectivity index (χ0v) is 17.6. The number of alkyl halides is 2. The molecular formula is C20H22F2N2O6S. The topological polar surface area (TPSA) is 111 Å². The second-order valence-corrected chi connectivity index (χ2v) is 7.97. The molecule has 0 aliphatic rings. The first-order valence-corrected chi connectivity index (χ1v) is 10.6. The fraction of sp³-hybridized carbons (Fsp3) is 0.300. The number of ether oxygens (including phenoxy) is 2. The van der Waals surface area contributed by atoms with E-state index in [2.05, 4.69) is 4.74 Å². The molecule has 0 saturated heterocycles.